The lowest BCUT2D eigenvalue weighted by Gasteiger charge is -2.17. The van der Waals surface area contributed by atoms with Crippen molar-refractivity contribution in [2.45, 2.75) is 33.2 Å². The second-order valence-electron chi connectivity index (χ2n) is 6.68. The molecule has 1 aromatic carbocycles. The van der Waals surface area contributed by atoms with Crippen LogP contribution in [0.15, 0.2) is 23.2 Å². The minimum Gasteiger partial charge on any atom is -0.493 e. The highest BCUT2D eigenvalue weighted by Crippen LogP contribution is 2.20. The molecule has 2 N–H and O–H groups in total. The van der Waals surface area contributed by atoms with Crippen LogP contribution < -0.4 is 15.4 Å². The van der Waals surface area contributed by atoms with Gasteiger partial charge in [0.1, 0.15) is 5.75 Å². The van der Waals surface area contributed by atoms with E-state index >= 15 is 0 Å². The van der Waals surface area contributed by atoms with Crippen LogP contribution >= 0.6 is 24.0 Å². The zero-order valence-corrected chi connectivity index (χ0v) is 18.3. The lowest BCUT2D eigenvalue weighted by Crippen LogP contribution is -2.39. The number of halogens is 1. The van der Waals surface area contributed by atoms with Gasteiger partial charge in [-0.2, -0.15) is 0 Å². The SMILES string of the molecule is CCCOc1cc(C)ccc1CNC(=NC)NCC1CCN(C)C1.I. The van der Waals surface area contributed by atoms with Crippen LogP contribution in [0.5, 0.6) is 5.75 Å². The first kappa shape index (κ1) is 22.0. The summed E-state index contributed by atoms with van der Waals surface area (Å²) in [7, 11) is 4.00. The van der Waals surface area contributed by atoms with Crippen LogP contribution in [-0.4, -0.2) is 51.2 Å². The summed E-state index contributed by atoms with van der Waals surface area (Å²) in [5.74, 6) is 2.53. The molecule has 0 radical (unpaired) electrons. The number of ether oxygens (including phenoxy) is 1. The highest BCUT2D eigenvalue weighted by Gasteiger charge is 2.19. The van der Waals surface area contributed by atoms with Gasteiger partial charge in [-0.3, -0.25) is 4.99 Å². The first-order valence-corrected chi connectivity index (χ1v) is 8.97. The Morgan fingerprint density at radius 2 is 2.16 bits per heavy atom. The number of guanidine groups is 1. The Labute approximate surface area is 169 Å². The monoisotopic (exact) mass is 460 g/mol. The maximum atomic E-state index is 5.88. The molecule has 1 unspecified atom stereocenters. The summed E-state index contributed by atoms with van der Waals surface area (Å²) in [5.41, 5.74) is 2.38. The maximum Gasteiger partial charge on any atom is 0.191 e. The number of aliphatic imine (C=N–C) groups is 1. The number of benzene rings is 1. The van der Waals surface area contributed by atoms with Gasteiger partial charge in [-0.05, 0) is 50.9 Å². The summed E-state index contributed by atoms with van der Waals surface area (Å²) in [4.78, 5) is 6.71. The van der Waals surface area contributed by atoms with Gasteiger partial charge in [0.2, 0.25) is 0 Å². The van der Waals surface area contributed by atoms with Crippen molar-refractivity contribution in [3.05, 3.63) is 29.3 Å². The molecule has 25 heavy (non-hydrogen) atoms. The average molecular weight is 460 g/mol. The molecule has 6 heteroatoms. The number of likely N-dealkylation sites (tertiary alicyclic amines) is 1. The summed E-state index contributed by atoms with van der Waals surface area (Å²) in [6, 6.07) is 6.37. The van der Waals surface area contributed by atoms with Crippen LogP contribution in [0.4, 0.5) is 0 Å². The summed E-state index contributed by atoms with van der Waals surface area (Å²) >= 11 is 0. The molecule has 0 bridgehead atoms. The van der Waals surface area contributed by atoms with Crippen LogP contribution in [0.2, 0.25) is 0 Å². The van der Waals surface area contributed by atoms with Gasteiger partial charge >= 0.3 is 0 Å². The van der Waals surface area contributed by atoms with Crippen LogP contribution in [0.25, 0.3) is 0 Å². The fraction of sp³-hybridized carbons (Fsp3) is 0.632. The van der Waals surface area contributed by atoms with Crippen molar-refractivity contribution in [2.75, 3.05) is 40.3 Å². The van der Waals surface area contributed by atoms with E-state index in [1.54, 1.807) is 0 Å². The molecule has 0 aliphatic carbocycles. The predicted octanol–water partition coefficient (Wildman–Crippen LogP) is 3.02. The standard InChI is InChI=1S/C19H32N4O.HI/c1-5-10-24-18-11-15(2)6-7-17(18)13-22-19(20-3)21-12-16-8-9-23(4)14-16;/h6-7,11,16H,5,8-10,12-14H2,1-4H3,(H2,20,21,22);1H. The number of hydrogen-bond donors (Lipinski definition) is 2. The Hall–Kier alpha value is -1.02. The van der Waals surface area contributed by atoms with Crippen molar-refractivity contribution in [1.29, 1.82) is 0 Å². The quantitative estimate of drug-likeness (QED) is 0.373. The van der Waals surface area contributed by atoms with E-state index in [0.29, 0.717) is 12.5 Å². The number of hydrogen-bond acceptors (Lipinski definition) is 3. The largest absolute Gasteiger partial charge is 0.493 e. The third-order valence-electron chi connectivity index (χ3n) is 4.40. The minimum absolute atomic E-state index is 0. The number of nitrogens with one attached hydrogen (secondary N) is 2. The van der Waals surface area contributed by atoms with Crippen molar-refractivity contribution >= 4 is 29.9 Å². The zero-order chi connectivity index (χ0) is 17.4. The second kappa shape index (κ2) is 11.6. The van der Waals surface area contributed by atoms with E-state index in [1.807, 2.05) is 7.05 Å². The topological polar surface area (TPSA) is 48.9 Å². The summed E-state index contributed by atoms with van der Waals surface area (Å²) in [5, 5.41) is 6.85. The Bertz CT molecular complexity index is 550. The average Bonchev–Trinajstić information content (AvgIpc) is 2.99. The first-order valence-electron chi connectivity index (χ1n) is 8.97. The lowest BCUT2D eigenvalue weighted by molar-refractivity contribution is 0.313. The first-order chi connectivity index (χ1) is 11.6. The molecule has 1 aromatic rings. The van der Waals surface area contributed by atoms with Gasteiger partial charge in [-0.25, -0.2) is 0 Å². The molecular weight excluding hydrogens is 427 g/mol. The van der Waals surface area contributed by atoms with Crippen molar-refractivity contribution < 1.29 is 4.74 Å². The third kappa shape index (κ3) is 7.40. The Kier molecular flexibility index (Phi) is 10.2. The third-order valence-corrected chi connectivity index (χ3v) is 4.40. The minimum atomic E-state index is 0. The van der Waals surface area contributed by atoms with Crippen LogP contribution in [0.1, 0.15) is 30.9 Å². The van der Waals surface area contributed by atoms with E-state index in [1.165, 1.54) is 18.5 Å². The van der Waals surface area contributed by atoms with E-state index in [4.69, 9.17) is 4.74 Å². The van der Waals surface area contributed by atoms with Crippen molar-refractivity contribution in [2.24, 2.45) is 10.9 Å². The normalized spacial score (nSPS) is 17.9. The van der Waals surface area contributed by atoms with Gasteiger partial charge in [0.05, 0.1) is 6.61 Å². The Morgan fingerprint density at radius 3 is 2.80 bits per heavy atom. The van der Waals surface area contributed by atoms with E-state index in [9.17, 15) is 0 Å². The van der Waals surface area contributed by atoms with Gasteiger partial charge in [0.25, 0.3) is 0 Å². The number of nitrogens with zero attached hydrogens (tertiary/aromatic N) is 2. The molecular formula is C19H33IN4O. The summed E-state index contributed by atoms with van der Waals surface area (Å²) < 4.78 is 5.88. The van der Waals surface area contributed by atoms with Crippen molar-refractivity contribution in [3.8, 4) is 5.75 Å². The van der Waals surface area contributed by atoms with Crippen LogP contribution in [0, 0.1) is 12.8 Å². The molecule has 2 rings (SSSR count). The molecule has 1 aliphatic rings. The molecule has 142 valence electrons. The molecule has 1 aliphatic heterocycles. The van der Waals surface area contributed by atoms with E-state index in [2.05, 4.69) is 59.6 Å². The molecule has 0 aromatic heterocycles. The van der Waals surface area contributed by atoms with Gasteiger partial charge in [-0.1, -0.05) is 19.1 Å². The number of aryl methyl sites for hydroxylation is 1. The summed E-state index contributed by atoms with van der Waals surface area (Å²) in [6.45, 7) is 9.01. The lowest BCUT2D eigenvalue weighted by atomic mass is 10.1. The fourth-order valence-corrected chi connectivity index (χ4v) is 2.99. The molecule has 5 nitrogen and oxygen atoms in total. The second-order valence-corrected chi connectivity index (χ2v) is 6.68. The van der Waals surface area contributed by atoms with Crippen molar-refractivity contribution in [1.82, 2.24) is 15.5 Å². The Balaban J connectivity index is 0.00000312. The molecule has 0 amide bonds. The molecule has 1 heterocycles. The molecule has 1 saturated heterocycles. The van der Waals surface area contributed by atoms with Crippen LogP contribution in [-0.2, 0) is 6.54 Å². The van der Waals surface area contributed by atoms with Crippen molar-refractivity contribution in [3.63, 3.8) is 0 Å². The molecule has 1 atom stereocenters. The summed E-state index contributed by atoms with van der Waals surface area (Å²) in [6.07, 6.45) is 2.27. The van der Waals surface area contributed by atoms with E-state index in [0.717, 1.165) is 43.4 Å². The van der Waals surface area contributed by atoms with Gasteiger partial charge in [0.15, 0.2) is 5.96 Å². The number of rotatable bonds is 7. The highest BCUT2D eigenvalue weighted by molar-refractivity contribution is 14.0. The smallest absolute Gasteiger partial charge is 0.191 e. The Morgan fingerprint density at radius 1 is 1.36 bits per heavy atom. The van der Waals surface area contributed by atoms with Gasteiger partial charge in [0, 0.05) is 32.2 Å². The molecule has 1 fully saturated rings. The highest BCUT2D eigenvalue weighted by atomic mass is 127. The van der Waals surface area contributed by atoms with Gasteiger partial charge < -0.3 is 20.3 Å². The molecule has 0 spiro atoms. The zero-order valence-electron chi connectivity index (χ0n) is 16.0. The van der Waals surface area contributed by atoms with Gasteiger partial charge in [-0.15, -0.1) is 24.0 Å². The maximum absolute atomic E-state index is 5.88. The van der Waals surface area contributed by atoms with E-state index in [-0.39, 0.29) is 24.0 Å². The van der Waals surface area contributed by atoms with Crippen LogP contribution in [0.3, 0.4) is 0 Å². The predicted molar refractivity (Wildman–Crippen MR) is 116 cm³/mol. The fourth-order valence-electron chi connectivity index (χ4n) is 2.99. The van der Waals surface area contributed by atoms with E-state index < -0.39 is 0 Å². The molecule has 0 saturated carbocycles.